The van der Waals surface area contributed by atoms with Crippen molar-refractivity contribution >= 4 is 16.1 Å². The fraction of sp³-hybridized carbons (Fsp3) is 0.435. The van der Waals surface area contributed by atoms with E-state index >= 15 is 0 Å². The minimum atomic E-state index is -3.60. The number of hydrogen-bond acceptors (Lipinski definition) is 5. The summed E-state index contributed by atoms with van der Waals surface area (Å²) in [7, 11) is -2.16. The van der Waals surface area contributed by atoms with Crippen LogP contribution in [-0.2, 0) is 16.6 Å². The summed E-state index contributed by atoms with van der Waals surface area (Å²) in [5, 5.41) is 5.62. The average molecular weight is 479 g/mol. The summed E-state index contributed by atoms with van der Waals surface area (Å²) in [6.07, 6.45) is 1.57. The van der Waals surface area contributed by atoms with Crippen LogP contribution in [0.5, 0.6) is 5.75 Å². The van der Waals surface area contributed by atoms with Gasteiger partial charge in [-0.2, -0.15) is 0 Å². The number of halogens is 1. The summed E-state index contributed by atoms with van der Waals surface area (Å²) < 4.78 is 45.8. The zero-order valence-corrected chi connectivity index (χ0v) is 19.8. The molecule has 10 heteroatoms. The van der Waals surface area contributed by atoms with Crippen molar-refractivity contribution in [3.05, 3.63) is 59.4 Å². The van der Waals surface area contributed by atoms with Crippen molar-refractivity contribution in [3.63, 3.8) is 0 Å². The predicted octanol–water partition coefficient (Wildman–Crippen LogP) is 2.38. The molecule has 0 unspecified atom stereocenters. The third-order valence-electron chi connectivity index (χ3n) is 5.58. The van der Waals surface area contributed by atoms with Crippen LogP contribution in [0.1, 0.15) is 24.0 Å². The minimum absolute atomic E-state index is 0.0399. The lowest BCUT2D eigenvalue weighted by atomic mass is 10.0. The number of aryl methyl sites for hydroxylation is 1. The molecule has 0 aromatic heterocycles. The molecule has 0 aliphatic carbocycles. The Hall–Kier alpha value is -2.69. The first-order valence-corrected chi connectivity index (χ1v) is 12.4. The van der Waals surface area contributed by atoms with Crippen molar-refractivity contribution in [2.24, 2.45) is 0 Å². The van der Waals surface area contributed by atoms with E-state index in [0.29, 0.717) is 6.54 Å². The Labute approximate surface area is 194 Å². The number of benzene rings is 2. The number of carbonyl (C=O) groups excluding carboxylic acids is 1. The highest BCUT2D eigenvalue weighted by Crippen LogP contribution is 2.20. The van der Waals surface area contributed by atoms with Gasteiger partial charge in [-0.1, -0.05) is 23.8 Å². The number of carbonyl (C=O) groups is 1. The first-order chi connectivity index (χ1) is 15.8. The van der Waals surface area contributed by atoms with Crippen LogP contribution in [0, 0.1) is 12.7 Å². The van der Waals surface area contributed by atoms with E-state index in [1.807, 2.05) is 13.0 Å². The number of methoxy groups -OCH3 is 1. The Morgan fingerprint density at radius 2 is 1.82 bits per heavy atom. The number of amides is 2. The first-order valence-electron chi connectivity index (χ1n) is 10.9. The van der Waals surface area contributed by atoms with E-state index in [1.54, 1.807) is 30.3 Å². The molecule has 3 N–H and O–H groups in total. The van der Waals surface area contributed by atoms with Gasteiger partial charge in [0.2, 0.25) is 10.0 Å². The van der Waals surface area contributed by atoms with E-state index in [9.17, 15) is 17.6 Å². The summed E-state index contributed by atoms with van der Waals surface area (Å²) in [6.45, 7) is 4.38. The lowest BCUT2D eigenvalue weighted by Gasteiger charge is -2.32. The van der Waals surface area contributed by atoms with Gasteiger partial charge < -0.3 is 15.4 Å². The fourth-order valence-corrected chi connectivity index (χ4v) is 4.73. The topological polar surface area (TPSA) is 99.8 Å². The van der Waals surface area contributed by atoms with Crippen LogP contribution in [-0.4, -0.2) is 58.7 Å². The Kier molecular flexibility index (Phi) is 8.65. The molecule has 33 heavy (non-hydrogen) atoms. The number of likely N-dealkylation sites (tertiary alicyclic amines) is 1. The molecule has 2 aromatic carbocycles. The van der Waals surface area contributed by atoms with E-state index in [2.05, 4.69) is 20.3 Å². The molecule has 2 aromatic rings. The third-order valence-corrected chi connectivity index (χ3v) is 7.06. The van der Waals surface area contributed by atoms with Gasteiger partial charge in [-0.25, -0.2) is 22.3 Å². The van der Waals surface area contributed by atoms with E-state index in [1.165, 1.54) is 13.2 Å². The second-order valence-corrected chi connectivity index (χ2v) is 9.90. The molecule has 180 valence electrons. The molecule has 1 heterocycles. The van der Waals surface area contributed by atoms with E-state index in [-0.39, 0.29) is 41.6 Å². The normalized spacial score (nSPS) is 15.2. The molecule has 0 radical (unpaired) electrons. The number of hydrogen-bond donors (Lipinski definition) is 3. The lowest BCUT2D eigenvalue weighted by Crippen LogP contribution is -2.48. The number of piperidine rings is 1. The molecule has 3 rings (SSSR count). The summed E-state index contributed by atoms with van der Waals surface area (Å²) in [4.78, 5) is 14.6. The van der Waals surface area contributed by atoms with Gasteiger partial charge in [0.25, 0.3) is 0 Å². The van der Waals surface area contributed by atoms with E-state index in [4.69, 9.17) is 4.74 Å². The van der Waals surface area contributed by atoms with Gasteiger partial charge in [-0.3, -0.25) is 4.90 Å². The predicted molar refractivity (Wildman–Crippen MR) is 124 cm³/mol. The zero-order valence-electron chi connectivity index (χ0n) is 18.9. The fourth-order valence-electron chi connectivity index (χ4n) is 3.70. The maximum absolute atomic E-state index is 13.9. The van der Waals surface area contributed by atoms with Crippen LogP contribution in [0.25, 0.3) is 0 Å². The largest absolute Gasteiger partial charge is 0.494 e. The number of urea groups is 1. The van der Waals surface area contributed by atoms with Gasteiger partial charge in [0.05, 0.1) is 12.0 Å². The SMILES string of the molecule is COc1ccc(CN2CCC(NC(=O)NCCNS(=O)(=O)c3ccc(C)cc3)CC2)cc1F. The molecule has 0 spiro atoms. The molecule has 1 aliphatic heterocycles. The highest BCUT2D eigenvalue weighted by Gasteiger charge is 2.21. The maximum atomic E-state index is 13.9. The van der Waals surface area contributed by atoms with Gasteiger partial charge in [0.1, 0.15) is 0 Å². The Morgan fingerprint density at radius 1 is 1.12 bits per heavy atom. The van der Waals surface area contributed by atoms with Crippen molar-refractivity contribution in [2.75, 3.05) is 33.3 Å². The van der Waals surface area contributed by atoms with Crippen LogP contribution in [0.2, 0.25) is 0 Å². The quantitative estimate of drug-likeness (QED) is 0.481. The van der Waals surface area contributed by atoms with Gasteiger partial charge in [0, 0.05) is 38.8 Å². The molecule has 0 saturated carbocycles. The second-order valence-electron chi connectivity index (χ2n) is 8.13. The molecule has 1 fully saturated rings. The molecule has 0 atom stereocenters. The summed E-state index contributed by atoms with van der Waals surface area (Å²) in [6, 6.07) is 11.3. The molecule has 2 amide bonds. The van der Waals surface area contributed by atoms with Gasteiger partial charge in [-0.15, -0.1) is 0 Å². The molecule has 0 bridgehead atoms. The minimum Gasteiger partial charge on any atom is -0.494 e. The molecule has 1 saturated heterocycles. The average Bonchev–Trinajstić information content (AvgIpc) is 2.78. The van der Waals surface area contributed by atoms with Crippen LogP contribution in [0.3, 0.4) is 0 Å². The highest BCUT2D eigenvalue weighted by molar-refractivity contribution is 7.89. The Bertz CT molecular complexity index is 1040. The molecular weight excluding hydrogens is 447 g/mol. The number of sulfonamides is 1. The van der Waals surface area contributed by atoms with Crippen molar-refractivity contribution in [2.45, 2.75) is 37.2 Å². The Balaban J connectivity index is 1.34. The maximum Gasteiger partial charge on any atom is 0.315 e. The van der Waals surface area contributed by atoms with Gasteiger partial charge >= 0.3 is 6.03 Å². The zero-order chi connectivity index (χ0) is 23.8. The van der Waals surface area contributed by atoms with Crippen molar-refractivity contribution < 1.29 is 22.3 Å². The van der Waals surface area contributed by atoms with Crippen LogP contribution >= 0.6 is 0 Å². The summed E-state index contributed by atoms with van der Waals surface area (Å²) >= 11 is 0. The summed E-state index contributed by atoms with van der Waals surface area (Å²) in [5.41, 5.74) is 1.86. The van der Waals surface area contributed by atoms with Crippen LogP contribution in [0.4, 0.5) is 9.18 Å². The number of nitrogens with one attached hydrogen (secondary N) is 3. The number of nitrogens with zero attached hydrogens (tertiary/aromatic N) is 1. The van der Waals surface area contributed by atoms with Crippen LogP contribution < -0.4 is 20.1 Å². The van der Waals surface area contributed by atoms with Crippen molar-refractivity contribution in [3.8, 4) is 5.75 Å². The van der Waals surface area contributed by atoms with Gasteiger partial charge in [0.15, 0.2) is 11.6 Å². The standard InChI is InChI=1S/C23H31FN4O4S/c1-17-3-6-20(7-4-17)33(30,31)26-12-11-25-23(29)27-19-9-13-28(14-10-19)16-18-5-8-22(32-2)21(24)15-18/h3-8,15,19,26H,9-14,16H2,1-2H3,(H2,25,27,29). The third kappa shape index (κ3) is 7.41. The monoisotopic (exact) mass is 478 g/mol. The number of ether oxygens (including phenoxy) is 1. The van der Waals surface area contributed by atoms with Crippen molar-refractivity contribution in [1.29, 1.82) is 0 Å². The molecule has 1 aliphatic rings. The van der Waals surface area contributed by atoms with E-state index in [0.717, 1.165) is 37.1 Å². The molecule has 8 nitrogen and oxygen atoms in total. The number of rotatable bonds is 9. The second kappa shape index (κ2) is 11.4. The lowest BCUT2D eigenvalue weighted by molar-refractivity contribution is 0.186. The van der Waals surface area contributed by atoms with Crippen LogP contribution in [0.15, 0.2) is 47.4 Å². The smallest absolute Gasteiger partial charge is 0.315 e. The van der Waals surface area contributed by atoms with Crippen molar-refractivity contribution in [1.82, 2.24) is 20.3 Å². The van der Waals surface area contributed by atoms with Gasteiger partial charge in [-0.05, 0) is 49.6 Å². The first kappa shape index (κ1) is 24.9. The highest BCUT2D eigenvalue weighted by atomic mass is 32.2. The van der Waals surface area contributed by atoms with E-state index < -0.39 is 10.0 Å². The summed E-state index contributed by atoms with van der Waals surface area (Å²) in [5.74, 6) is -0.139. The molecular formula is C23H31FN4O4S. The Morgan fingerprint density at radius 3 is 2.45 bits per heavy atom.